The smallest absolute Gasteiger partial charge is 0.119 e. The first-order chi connectivity index (χ1) is 7.13. The van der Waals surface area contributed by atoms with E-state index in [2.05, 4.69) is 19.1 Å². The minimum atomic E-state index is 0. The number of rotatable bonds is 5. The maximum absolute atomic E-state index is 6.02. The lowest BCUT2D eigenvalue weighted by molar-refractivity contribution is 0.242. The van der Waals surface area contributed by atoms with Crippen LogP contribution in [0.2, 0.25) is 0 Å². The molecular formula is C13H22ClNO. The topological polar surface area (TPSA) is 35.2 Å². The highest BCUT2D eigenvalue weighted by atomic mass is 35.5. The Kier molecular flexibility index (Phi) is 7.18. The number of hydrogen-bond acceptors (Lipinski definition) is 2. The van der Waals surface area contributed by atoms with Crippen LogP contribution in [-0.4, -0.2) is 6.10 Å². The molecule has 0 spiro atoms. The van der Waals surface area contributed by atoms with Gasteiger partial charge in [0.25, 0.3) is 0 Å². The summed E-state index contributed by atoms with van der Waals surface area (Å²) in [6, 6.07) is 8.24. The van der Waals surface area contributed by atoms with Gasteiger partial charge in [0.2, 0.25) is 0 Å². The Morgan fingerprint density at radius 1 is 1.19 bits per heavy atom. The second-order valence-electron chi connectivity index (χ2n) is 4.13. The van der Waals surface area contributed by atoms with Crippen LogP contribution in [0.1, 0.15) is 45.2 Å². The quantitative estimate of drug-likeness (QED) is 0.856. The molecule has 0 aliphatic carbocycles. The van der Waals surface area contributed by atoms with E-state index < -0.39 is 0 Å². The van der Waals surface area contributed by atoms with Gasteiger partial charge >= 0.3 is 0 Å². The van der Waals surface area contributed by atoms with Crippen LogP contribution in [-0.2, 0) is 0 Å². The van der Waals surface area contributed by atoms with Crippen LogP contribution in [0.3, 0.4) is 0 Å². The largest absolute Gasteiger partial charge is 0.491 e. The SMILES string of the molecule is CCC[C@@H](N)c1ccc(OC(C)C)cc1.Cl. The van der Waals surface area contributed by atoms with Crippen molar-refractivity contribution < 1.29 is 4.74 Å². The van der Waals surface area contributed by atoms with Crippen LogP contribution in [0.15, 0.2) is 24.3 Å². The number of nitrogens with two attached hydrogens (primary N) is 1. The zero-order valence-electron chi connectivity index (χ0n) is 10.3. The third kappa shape index (κ3) is 4.86. The minimum absolute atomic E-state index is 0. The van der Waals surface area contributed by atoms with Crippen molar-refractivity contribution in [2.45, 2.75) is 45.8 Å². The summed E-state index contributed by atoms with van der Waals surface area (Å²) in [5.41, 5.74) is 7.20. The number of halogens is 1. The molecule has 1 atom stereocenters. The second-order valence-corrected chi connectivity index (χ2v) is 4.13. The first-order valence-corrected chi connectivity index (χ1v) is 5.65. The summed E-state index contributed by atoms with van der Waals surface area (Å²) in [7, 11) is 0. The van der Waals surface area contributed by atoms with Crippen molar-refractivity contribution in [3.05, 3.63) is 29.8 Å². The van der Waals surface area contributed by atoms with Gasteiger partial charge in [0.15, 0.2) is 0 Å². The molecule has 0 aliphatic rings. The summed E-state index contributed by atoms with van der Waals surface area (Å²) < 4.78 is 5.57. The van der Waals surface area contributed by atoms with E-state index in [-0.39, 0.29) is 24.6 Å². The van der Waals surface area contributed by atoms with E-state index in [9.17, 15) is 0 Å². The predicted octanol–water partition coefficient (Wildman–Crippen LogP) is 3.70. The Morgan fingerprint density at radius 3 is 2.19 bits per heavy atom. The highest BCUT2D eigenvalue weighted by Gasteiger charge is 2.04. The van der Waals surface area contributed by atoms with Crippen LogP contribution in [0, 0.1) is 0 Å². The van der Waals surface area contributed by atoms with Crippen molar-refractivity contribution in [1.29, 1.82) is 0 Å². The molecule has 0 radical (unpaired) electrons. The third-order valence-electron chi connectivity index (χ3n) is 2.28. The third-order valence-corrected chi connectivity index (χ3v) is 2.28. The van der Waals surface area contributed by atoms with Gasteiger partial charge in [-0.2, -0.15) is 0 Å². The summed E-state index contributed by atoms with van der Waals surface area (Å²) in [6.45, 7) is 6.20. The molecule has 3 heteroatoms. The number of ether oxygens (including phenoxy) is 1. The molecule has 1 aromatic rings. The van der Waals surface area contributed by atoms with Gasteiger partial charge in [-0.3, -0.25) is 0 Å². The lowest BCUT2D eigenvalue weighted by atomic mass is 10.0. The molecule has 0 bridgehead atoms. The molecule has 0 saturated heterocycles. The highest BCUT2D eigenvalue weighted by Crippen LogP contribution is 2.19. The van der Waals surface area contributed by atoms with Crippen LogP contribution >= 0.6 is 12.4 Å². The molecule has 0 amide bonds. The van der Waals surface area contributed by atoms with Crippen molar-refractivity contribution in [3.63, 3.8) is 0 Å². The van der Waals surface area contributed by atoms with Crippen molar-refractivity contribution in [1.82, 2.24) is 0 Å². The van der Waals surface area contributed by atoms with E-state index in [0.717, 1.165) is 18.6 Å². The van der Waals surface area contributed by atoms with Crippen LogP contribution in [0.4, 0.5) is 0 Å². The molecule has 2 N–H and O–H groups in total. The van der Waals surface area contributed by atoms with Gasteiger partial charge in [0, 0.05) is 6.04 Å². The van der Waals surface area contributed by atoms with Crippen LogP contribution < -0.4 is 10.5 Å². The van der Waals surface area contributed by atoms with Crippen molar-refractivity contribution in [3.8, 4) is 5.75 Å². The van der Waals surface area contributed by atoms with Crippen LogP contribution in [0.25, 0.3) is 0 Å². The normalized spacial score (nSPS) is 12.1. The molecule has 0 aliphatic heterocycles. The van der Waals surface area contributed by atoms with E-state index >= 15 is 0 Å². The summed E-state index contributed by atoms with van der Waals surface area (Å²) in [6.07, 6.45) is 2.37. The van der Waals surface area contributed by atoms with Gasteiger partial charge < -0.3 is 10.5 Å². The van der Waals surface area contributed by atoms with Crippen molar-refractivity contribution in [2.75, 3.05) is 0 Å². The van der Waals surface area contributed by atoms with Gasteiger partial charge in [0.05, 0.1) is 6.10 Å². The molecule has 0 unspecified atom stereocenters. The molecule has 92 valence electrons. The summed E-state index contributed by atoms with van der Waals surface area (Å²) in [4.78, 5) is 0. The first-order valence-electron chi connectivity index (χ1n) is 5.65. The zero-order valence-corrected chi connectivity index (χ0v) is 11.1. The standard InChI is InChI=1S/C13H21NO.ClH/c1-4-5-13(14)11-6-8-12(9-7-11)15-10(2)3;/h6-10,13H,4-5,14H2,1-3H3;1H/t13-;/m1./s1. The Balaban J connectivity index is 0.00000225. The average molecular weight is 244 g/mol. The van der Waals surface area contributed by atoms with E-state index in [0.29, 0.717) is 0 Å². The van der Waals surface area contributed by atoms with E-state index in [1.54, 1.807) is 0 Å². The molecule has 2 nitrogen and oxygen atoms in total. The van der Waals surface area contributed by atoms with Gasteiger partial charge in [0.1, 0.15) is 5.75 Å². The molecule has 0 aromatic heterocycles. The maximum atomic E-state index is 6.02. The van der Waals surface area contributed by atoms with Gasteiger partial charge in [-0.15, -0.1) is 12.4 Å². The Labute approximate surface area is 105 Å². The van der Waals surface area contributed by atoms with E-state index in [1.165, 1.54) is 5.56 Å². The average Bonchev–Trinajstić information content (AvgIpc) is 2.18. The zero-order chi connectivity index (χ0) is 11.3. The van der Waals surface area contributed by atoms with E-state index in [1.807, 2.05) is 26.0 Å². The highest BCUT2D eigenvalue weighted by molar-refractivity contribution is 5.85. The minimum Gasteiger partial charge on any atom is -0.491 e. The number of benzene rings is 1. The molecule has 16 heavy (non-hydrogen) atoms. The summed E-state index contributed by atoms with van der Waals surface area (Å²) >= 11 is 0. The fourth-order valence-corrected chi connectivity index (χ4v) is 1.54. The molecule has 1 aromatic carbocycles. The Hall–Kier alpha value is -0.730. The fraction of sp³-hybridized carbons (Fsp3) is 0.538. The Bertz CT molecular complexity index is 284. The fourth-order valence-electron chi connectivity index (χ4n) is 1.54. The Morgan fingerprint density at radius 2 is 1.75 bits per heavy atom. The molecule has 0 fully saturated rings. The monoisotopic (exact) mass is 243 g/mol. The van der Waals surface area contributed by atoms with Gasteiger partial charge in [-0.05, 0) is 38.0 Å². The lowest BCUT2D eigenvalue weighted by Gasteiger charge is -2.13. The number of hydrogen-bond donors (Lipinski definition) is 1. The van der Waals surface area contributed by atoms with Gasteiger partial charge in [-0.1, -0.05) is 25.5 Å². The van der Waals surface area contributed by atoms with Crippen molar-refractivity contribution in [2.24, 2.45) is 5.73 Å². The predicted molar refractivity (Wildman–Crippen MR) is 71.3 cm³/mol. The maximum Gasteiger partial charge on any atom is 0.119 e. The van der Waals surface area contributed by atoms with Gasteiger partial charge in [-0.25, -0.2) is 0 Å². The molecule has 1 rings (SSSR count). The summed E-state index contributed by atoms with van der Waals surface area (Å²) in [5.74, 6) is 0.914. The van der Waals surface area contributed by atoms with Crippen molar-refractivity contribution >= 4 is 12.4 Å². The molecule has 0 saturated carbocycles. The second kappa shape index (κ2) is 7.53. The molecular weight excluding hydrogens is 222 g/mol. The molecule has 0 heterocycles. The van der Waals surface area contributed by atoms with Crippen LogP contribution in [0.5, 0.6) is 5.75 Å². The van der Waals surface area contributed by atoms with E-state index in [4.69, 9.17) is 10.5 Å². The lowest BCUT2D eigenvalue weighted by Crippen LogP contribution is -2.10. The summed E-state index contributed by atoms with van der Waals surface area (Å²) in [5, 5.41) is 0. The first kappa shape index (κ1) is 15.3.